The lowest BCUT2D eigenvalue weighted by Gasteiger charge is -2.06. The number of carbonyl (C=O) groups is 2. The van der Waals surface area contributed by atoms with E-state index in [0.717, 1.165) is 6.42 Å². The second-order valence-electron chi connectivity index (χ2n) is 6.89. The Labute approximate surface area is 165 Å². The van der Waals surface area contributed by atoms with Gasteiger partial charge in [0.25, 0.3) is 5.91 Å². The van der Waals surface area contributed by atoms with E-state index in [-0.39, 0.29) is 23.5 Å². The Balaban J connectivity index is 1.39. The molecule has 0 aliphatic heterocycles. The van der Waals surface area contributed by atoms with E-state index in [1.807, 2.05) is 0 Å². The third-order valence-corrected chi connectivity index (χ3v) is 5.46. The van der Waals surface area contributed by atoms with Gasteiger partial charge in [-0.3, -0.25) is 14.9 Å². The van der Waals surface area contributed by atoms with Crippen LogP contribution in [0.5, 0.6) is 0 Å². The fraction of sp³-hybridized carbons (Fsp3) is 0.190. The fourth-order valence-corrected chi connectivity index (χ4v) is 3.62. The molecule has 5 nitrogen and oxygen atoms in total. The van der Waals surface area contributed by atoms with Crippen molar-refractivity contribution in [3.8, 4) is 11.3 Å². The maximum absolute atomic E-state index is 13.3. The molecular weight excluding hydrogens is 377 g/mol. The molecule has 0 radical (unpaired) electrons. The maximum atomic E-state index is 13.3. The molecule has 0 saturated heterocycles. The molecule has 1 saturated carbocycles. The summed E-state index contributed by atoms with van der Waals surface area (Å²) in [5, 5.41) is 7.81. The first-order valence-electron chi connectivity index (χ1n) is 8.93. The molecule has 3 aromatic rings. The van der Waals surface area contributed by atoms with Crippen molar-refractivity contribution in [1.29, 1.82) is 0 Å². The van der Waals surface area contributed by atoms with E-state index < -0.39 is 0 Å². The summed E-state index contributed by atoms with van der Waals surface area (Å²) in [6.45, 7) is 2.05. The summed E-state index contributed by atoms with van der Waals surface area (Å²) in [6, 6.07) is 12.9. The number of hydrogen-bond acceptors (Lipinski definition) is 4. The Morgan fingerprint density at radius 1 is 1.14 bits per heavy atom. The molecule has 2 amide bonds. The Kier molecular flexibility index (Phi) is 4.92. The number of halogens is 1. The van der Waals surface area contributed by atoms with Crippen LogP contribution in [-0.2, 0) is 4.79 Å². The van der Waals surface area contributed by atoms with E-state index >= 15 is 0 Å². The second-order valence-corrected chi connectivity index (χ2v) is 7.75. The Hall–Kier alpha value is -3.06. The van der Waals surface area contributed by atoms with Gasteiger partial charge in [-0.25, -0.2) is 9.37 Å². The lowest BCUT2D eigenvalue weighted by atomic mass is 10.2. The highest BCUT2D eigenvalue weighted by molar-refractivity contribution is 7.14. The van der Waals surface area contributed by atoms with Gasteiger partial charge < -0.3 is 5.32 Å². The third kappa shape index (κ3) is 4.09. The molecule has 1 aliphatic rings. The van der Waals surface area contributed by atoms with Gasteiger partial charge in [-0.1, -0.05) is 19.1 Å². The summed E-state index contributed by atoms with van der Waals surface area (Å²) < 4.78 is 13.3. The molecule has 28 heavy (non-hydrogen) atoms. The average Bonchev–Trinajstić information content (AvgIpc) is 3.23. The van der Waals surface area contributed by atoms with Crippen LogP contribution >= 0.6 is 11.3 Å². The number of aromatic nitrogens is 1. The van der Waals surface area contributed by atoms with Crippen LogP contribution in [0.25, 0.3) is 11.3 Å². The van der Waals surface area contributed by atoms with Gasteiger partial charge >= 0.3 is 0 Å². The molecular formula is C21H18FN3O2S. The Bertz CT molecular complexity index is 1030. The van der Waals surface area contributed by atoms with Crippen LogP contribution < -0.4 is 10.6 Å². The first kappa shape index (κ1) is 18.3. The number of thiazole rings is 1. The highest BCUT2D eigenvalue weighted by Crippen LogP contribution is 2.38. The molecule has 0 spiro atoms. The number of anilines is 2. The van der Waals surface area contributed by atoms with E-state index in [4.69, 9.17) is 0 Å². The topological polar surface area (TPSA) is 71.1 Å². The molecule has 1 fully saturated rings. The average molecular weight is 395 g/mol. The van der Waals surface area contributed by atoms with Crippen LogP contribution in [0.4, 0.5) is 15.2 Å². The van der Waals surface area contributed by atoms with E-state index in [9.17, 15) is 14.0 Å². The van der Waals surface area contributed by atoms with Gasteiger partial charge in [-0.15, -0.1) is 11.3 Å². The largest absolute Gasteiger partial charge is 0.326 e. The number of benzene rings is 2. The molecule has 2 atom stereocenters. The molecule has 1 heterocycles. The van der Waals surface area contributed by atoms with Crippen LogP contribution in [0.3, 0.4) is 0 Å². The summed E-state index contributed by atoms with van der Waals surface area (Å²) in [4.78, 5) is 28.7. The van der Waals surface area contributed by atoms with Gasteiger partial charge in [0.15, 0.2) is 5.13 Å². The van der Waals surface area contributed by atoms with Crippen molar-refractivity contribution in [3.05, 3.63) is 65.3 Å². The van der Waals surface area contributed by atoms with Crippen molar-refractivity contribution >= 4 is 34.0 Å². The predicted molar refractivity (Wildman–Crippen MR) is 108 cm³/mol. The third-order valence-electron chi connectivity index (χ3n) is 4.71. The van der Waals surface area contributed by atoms with Crippen molar-refractivity contribution in [2.24, 2.45) is 11.8 Å². The van der Waals surface area contributed by atoms with Gasteiger partial charge in [-0.05, 0) is 48.7 Å². The van der Waals surface area contributed by atoms with Crippen molar-refractivity contribution in [2.75, 3.05) is 10.6 Å². The zero-order valence-corrected chi connectivity index (χ0v) is 15.9. The summed E-state index contributed by atoms with van der Waals surface area (Å²) >= 11 is 1.27. The molecule has 4 rings (SSSR count). The van der Waals surface area contributed by atoms with Crippen LogP contribution in [-0.4, -0.2) is 16.8 Å². The minimum absolute atomic E-state index is 0.0253. The minimum atomic E-state index is -0.334. The number of rotatable bonds is 5. The number of carbonyl (C=O) groups excluding carboxylic acids is 2. The summed E-state index contributed by atoms with van der Waals surface area (Å²) in [5.41, 5.74) is 2.39. The van der Waals surface area contributed by atoms with Gasteiger partial charge in [0.2, 0.25) is 5.91 Å². The Morgan fingerprint density at radius 3 is 2.57 bits per heavy atom. The minimum Gasteiger partial charge on any atom is -0.326 e. The van der Waals surface area contributed by atoms with Gasteiger partial charge in [0.05, 0.1) is 5.69 Å². The quantitative estimate of drug-likeness (QED) is 0.652. The fourth-order valence-electron chi connectivity index (χ4n) is 2.91. The lowest BCUT2D eigenvalue weighted by Crippen LogP contribution is -2.15. The first-order chi connectivity index (χ1) is 13.5. The highest BCUT2D eigenvalue weighted by atomic mass is 32.1. The zero-order valence-electron chi connectivity index (χ0n) is 15.1. The second kappa shape index (κ2) is 7.52. The van der Waals surface area contributed by atoms with Crippen LogP contribution in [0.2, 0.25) is 0 Å². The van der Waals surface area contributed by atoms with Gasteiger partial charge in [0, 0.05) is 28.1 Å². The molecule has 1 aliphatic carbocycles. The van der Waals surface area contributed by atoms with Crippen molar-refractivity contribution in [2.45, 2.75) is 13.3 Å². The smallest absolute Gasteiger partial charge is 0.257 e. The van der Waals surface area contributed by atoms with Crippen LogP contribution in [0.1, 0.15) is 23.7 Å². The molecule has 2 unspecified atom stereocenters. The molecule has 1 aromatic heterocycles. The molecule has 142 valence electrons. The van der Waals surface area contributed by atoms with Crippen LogP contribution in [0.15, 0.2) is 53.9 Å². The molecule has 2 N–H and O–H groups in total. The predicted octanol–water partition coefficient (Wildman–Crippen LogP) is 4.80. The van der Waals surface area contributed by atoms with E-state index in [1.54, 1.807) is 41.8 Å². The highest BCUT2D eigenvalue weighted by Gasteiger charge is 2.39. The standard InChI is InChI=1S/C21H18FN3O2S/c1-12-9-17(12)20(27)23-16-7-5-13(6-8-16)19(26)25-21-24-18(11-28-21)14-3-2-4-15(22)10-14/h2-8,10-12,17H,9H2,1H3,(H,23,27)(H,24,25,26). The summed E-state index contributed by atoms with van der Waals surface area (Å²) in [5.74, 6) is -0.0635. The normalized spacial score (nSPS) is 17.8. The van der Waals surface area contributed by atoms with Crippen molar-refractivity contribution in [1.82, 2.24) is 4.98 Å². The first-order valence-corrected chi connectivity index (χ1v) is 9.81. The molecule has 2 aromatic carbocycles. The summed E-state index contributed by atoms with van der Waals surface area (Å²) in [7, 11) is 0. The van der Waals surface area contributed by atoms with Crippen LogP contribution in [0, 0.1) is 17.7 Å². The number of nitrogens with one attached hydrogen (secondary N) is 2. The monoisotopic (exact) mass is 395 g/mol. The van der Waals surface area contributed by atoms with E-state index in [0.29, 0.717) is 33.6 Å². The van der Waals surface area contributed by atoms with E-state index in [2.05, 4.69) is 22.5 Å². The van der Waals surface area contributed by atoms with Gasteiger partial charge in [0.1, 0.15) is 5.82 Å². The Morgan fingerprint density at radius 2 is 1.89 bits per heavy atom. The van der Waals surface area contributed by atoms with E-state index in [1.165, 1.54) is 23.5 Å². The zero-order chi connectivity index (χ0) is 19.7. The van der Waals surface area contributed by atoms with Crippen molar-refractivity contribution in [3.63, 3.8) is 0 Å². The molecule has 0 bridgehead atoms. The summed E-state index contributed by atoms with van der Waals surface area (Å²) in [6.07, 6.45) is 0.928. The number of nitrogens with zero attached hydrogens (tertiary/aromatic N) is 1. The van der Waals surface area contributed by atoms with Gasteiger partial charge in [-0.2, -0.15) is 0 Å². The molecule has 7 heteroatoms. The number of amides is 2. The SMILES string of the molecule is CC1CC1C(=O)Nc1ccc(C(=O)Nc2nc(-c3cccc(F)c3)cs2)cc1. The lowest BCUT2D eigenvalue weighted by molar-refractivity contribution is -0.117. The number of hydrogen-bond donors (Lipinski definition) is 2. The maximum Gasteiger partial charge on any atom is 0.257 e. The van der Waals surface area contributed by atoms with Crippen molar-refractivity contribution < 1.29 is 14.0 Å².